The molecule has 1 saturated carbocycles. The molecule has 1 fully saturated rings. The summed E-state index contributed by atoms with van der Waals surface area (Å²) in [5, 5.41) is 2.89. The first-order valence-corrected chi connectivity index (χ1v) is 8.88. The number of carbonyl (C=O) groups excluding carboxylic acids is 1. The van der Waals surface area contributed by atoms with Gasteiger partial charge in [0, 0.05) is 42.5 Å². The number of methoxy groups -OCH3 is 1. The van der Waals surface area contributed by atoms with Crippen molar-refractivity contribution in [2.75, 3.05) is 20.8 Å². The summed E-state index contributed by atoms with van der Waals surface area (Å²) in [5.41, 5.74) is 2.14. The molecule has 0 radical (unpaired) electrons. The number of aromatic nitrogens is 3. The molecule has 1 aliphatic rings. The summed E-state index contributed by atoms with van der Waals surface area (Å²) in [6.45, 7) is 3.83. The highest BCUT2D eigenvalue weighted by atomic mass is 16.5. The van der Waals surface area contributed by atoms with Gasteiger partial charge < -0.3 is 14.8 Å². The number of ether oxygens (including phenoxy) is 2. The monoisotopic (exact) mass is 368 g/mol. The predicted molar refractivity (Wildman–Crippen MR) is 102 cm³/mol. The minimum absolute atomic E-state index is 0.0756. The molecule has 2 atom stereocenters. The third-order valence-electron chi connectivity index (χ3n) is 4.56. The highest BCUT2D eigenvalue weighted by Gasteiger charge is 2.40. The van der Waals surface area contributed by atoms with Crippen molar-refractivity contribution in [1.82, 2.24) is 20.3 Å². The maximum Gasteiger partial charge on any atom is 0.224 e. The molecule has 0 aromatic carbocycles. The van der Waals surface area contributed by atoms with Crippen molar-refractivity contribution in [3.63, 3.8) is 0 Å². The van der Waals surface area contributed by atoms with E-state index in [9.17, 15) is 4.79 Å². The molecule has 3 rings (SSSR count). The van der Waals surface area contributed by atoms with Gasteiger partial charge in [0.1, 0.15) is 11.6 Å². The molecule has 1 aliphatic carbocycles. The van der Waals surface area contributed by atoms with Gasteiger partial charge in [-0.2, -0.15) is 4.98 Å². The third kappa shape index (κ3) is 4.42. The van der Waals surface area contributed by atoms with E-state index in [0.717, 1.165) is 17.9 Å². The number of Topliss-reactive ketones (excluding diaryl/α,β-unsaturated/α-hetero) is 1. The number of aryl methyl sites for hydroxylation is 1. The van der Waals surface area contributed by atoms with Gasteiger partial charge in [0.05, 0.1) is 25.5 Å². The lowest BCUT2D eigenvalue weighted by molar-refractivity contribution is -0.111. The highest BCUT2D eigenvalue weighted by Crippen LogP contribution is 2.47. The van der Waals surface area contributed by atoms with Gasteiger partial charge in [-0.3, -0.25) is 9.78 Å². The Balaban J connectivity index is 1.70. The lowest BCUT2D eigenvalue weighted by Gasteiger charge is -2.12. The van der Waals surface area contributed by atoms with Crippen LogP contribution < -0.4 is 14.8 Å². The minimum Gasteiger partial charge on any atom is -0.495 e. The standard InChI is InChI=1S/C20H24N4O3/c1-12(25)17(9-21-3)18-10-22-13(2)24-20(18)27-11-14-7-16(14)19-6-5-15(26-4)8-23-19/h5-6,8-10,14,16,21H,7,11H2,1-4H3/b17-9+. The van der Waals surface area contributed by atoms with Crippen LogP contribution in [0.15, 0.2) is 30.7 Å². The first-order chi connectivity index (χ1) is 13.0. The lowest BCUT2D eigenvalue weighted by Crippen LogP contribution is -2.10. The number of hydrogen-bond donors (Lipinski definition) is 1. The zero-order chi connectivity index (χ0) is 19.4. The topological polar surface area (TPSA) is 86.2 Å². The van der Waals surface area contributed by atoms with E-state index in [0.29, 0.717) is 41.3 Å². The number of carbonyl (C=O) groups is 1. The van der Waals surface area contributed by atoms with Crippen LogP contribution in [0.5, 0.6) is 11.6 Å². The number of hydrogen-bond acceptors (Lipinski definition) is 7. The molecule has 0 bridgehead atoms. The van der Waals surface area contributed by atoms with Crippen LogP contribution in [0.3, 0.4) is 0 Å². The van der Waals surface area contributed by atoms with Crippen molar-refractivity contribution in [3.8, 4) is 11.6 Å². The molecule has 2 heterocycles. The number of allylic oxidation sites excluding steroid dienone is 1. The number of ketones is 1. The van der Waals surface area contributed by atoms with Gasteiger partial charge in [-0.25, -0.2) is 4.98 Å². The van der Waals surface area contributed by atoms with Crippen LogP contribution in [0, 0.1) is 12.8 Å². The fourth-order valence-electron chi connectivity index (χ4n) is 2.97. The summed E-state index contributed by atoms with van der Waals surface area (Å²) < 4.78 is 11.1. The lowest BCUT2D eigenvalue weighted by atomic mass is 10.1. The average molecular weight is 368 g/mol. The molecule has 0 saturated heterocycles. The van der Waals surface area contributed by atoms with Crippen molar-refractivity contribution in [2.45, 2.75) is 26.2 Å². The van der Waals surface area contributed by atoms with E-state index in [4.69, 9.17) is 9.47 Å². The average Bonchev–Trinajstić information content (AvgIpc) is 3.44. The Morgan fingerprint density at radius 3 is 2.78 bits per heavy atom. The molecule has 2 aromatic heterocycles. The second-order valence-electron chi connectivity index (χ2n) is 6.58. The van der Waals surface area contributed by atoms with Gasteiger partial charge in [-0.15, -0.1) is 0 Å². The normalized spacial score (nSPS) is 18.7. The zero-order valence-electron chi connectivity index (χ0n) is 16.0. The number of nitrogens with zero attached hydrogens (tertiary/aromatic N) is 3. The minimum atomic E-state index is -0.0756. The Kier molecular flexibility index (Phi) is 5.69. The molecule has 2 unspecified atom stereocenters. The molecule has 1 N–H and O–H groups in total. The van der Waals surface area contributed by atoms with E-state index >= 15 is 0 Å². The first-order valence-electron chi connectivity index (χ1n) is 8.88. The van der Waals surface area contributed by atoms with E-state index in [1.54, 1.807) is 39.7 Å². The molecule has 2 aromatic rings. The Bertz CT molecular complexity index is 849. The summed E-state index contributed by atoms with van der Waals surface area (Å²) in [6, 6.07) is 3.92. The summed E-state index contributed by atoms with van der Waals surface area (Å²) in [6.07, 6.45) is 6.03. The van der Waals surface area contributed by atoms with E-state index in [1.165, 1.54) is 6.92 Å². The molecule has 0 spiro atoms. The van der Waals surface area contributed by atoms with Crippen molar-refractivity contribution < 1.29 is 14.3 Å². The zero-order valence-corrected chi connectivity index (χ0v) is 16.0. The van der Waals surface area contributed by atoms with Crippen molar-refractivity contribution in [2.24, 2.45) is 5.92 Å². The molecule has 7 heteroatoms. The maximum absolute atomic E-state index is 12.0. The molecule has 0 aliphatic heterocycles. The number of pyridine rings is 1. The van der Waals surface area contributed by atoms with Crippen LogP contribution in [0.4, 0.5) is 0 Å². The van der Waals surface area contributed by atoms with Gasteiger partial charge in [-0.1, -0.05) is 0 Å². The van der Waals surface area contributed by atoms with Gasteiger partial charge in [-0.05, 0) is 32.4 Å². The molecular formula is C20H24N4O3. The first kappa shape index (κ1) is 18.8. The summed E-state index contributed by atoms with van der Waals surface area (Å²) in [7, 11) is 3.37. The Labute approximate surface area is 158 Å². The van der Waals surface area contributed by atoms with Crippen LogP contribution in [0.1, 0.15) is 36.3 Å². The molecule has 0 amide bonds. The smallest absolute Gasteiger partial charge is 0.224 e. The molecule has 7 nitrogen and oxygen atoms in total. The second kappa shape index (κ2) is 8.16. The van der Waals surface area contributed by atoms with Gasteiger partial charge in [0.15, 0.2) is 5.78 Å². The molecule has 27 heavy (non-hydrogen) atoms. The quantitative estimate of drug-likeness (QED) is 0.717. The summed E-state index contributed by atoms with van der Waals surface area (Å²) in [5.74, 6) is 2.47. The second-order valence-corrected chi connectivity index (χ2v) is 6.58. The van der Waals surface area contributed by atoms with E-state index < -0.39 is 0 Å². The van der Waals surface area contributed by atoms with Gasteiger partial charge in [0.25, 0.3) is 0 Å². The Morgan fingerprint density at radius 1 is 1.33 bits per heavy atom. The largest absolute Gasteiger partial charge is 0.495 e. The number of nitrogens with one attached hydrogen (secondary N) is 1. The van der Waals surface area contributed by atoms with E-state index in [-0.39, 0.29) is 5.78 Å². The van der Waals surface area contributed by atoms with Crippen LogP contribution in [0.2, 0.25) is 0 Å². The number of rotatable bonds is 8. The predicted octanol–water partition coefficient (Wildman–Crippen LogP) is 2.52. The summed E-state index contributed by atoms with van der Waals surface area (Å²) >= 11 is 0. The van der Waals surface area contributed by atoms with Gasteiger partial charge >= 0.3 is 0 Å². The van der Waals surface area contributed by atoms with Crippen molar-refractivity contribution in [1.29, 1.82) is 0 Å². The van der Waals surface area contributed by atoms with Crippen LogP contribution >= 0.6 is 0 Å². The highest BCUT2D eigenvalue weighted by molar-refractivity contribution is 6.19. The maximum atomic E-state index is 12.0. The third-order valence-corrected chi connectivity index (χ3v) is 4.56. The SMILES string of the molecule is CN/C=C(\C(C)=O)c1cnc(C)nc1OCC1CC1c1ccc(OC)cn1. The Morgan fingerprint density at radius 2 is 2.15 bits per heavy atom. The van der Waals surface area contributed by atoms with Crippen LogP contribution in [-0.2, 0) is 4.79 Å². The fraction of sp³-hybridized carbons (Fsp3) is 0.400. The van der Waals surface area contributed by atoms with E-state index in [2.05, 4.69) is 20.3 Å². The van der Waals surface area contributed by atoms with Crippen molar-refractivity contribution >= 4 is 11.4 Å². The van der Waals surface area contributed by atoms with Crippen LogP contribution in [-0.4, -0.2) is 41.5 Å². The van der Waals surface area contributed by atoms with Crippen molar-refractivity contribution in [3.05, 3.63) is 47.8 Å². The Hall–Kier alpha value is -2.96. The summed E-state index contributed by atoms with van der Waals surface area (Å²) in [4.78, 5) is 25.0. The fourth-order valence-corrected chi connectivity index (χ4v) is 2.97. The van der Waals surface area contributed by atoms with Crippen LogP contribution in [0.25, 0.3) is 5.57 Å². The molecular weight excluding hydrogens is 344 g/mol. The van der Waals surface area contributed by atoms with E-state index in [1.807, 2.05) is 12.1 Å². The molecule has 142 valence electrons. The van der Waals surface area contributed by atoms with Gasteiger partial charge in [0.2, 0.25) is 5.88 Å².